The third-order valence-electron chi connectivity index (χ3n) is 3.18. The summed E-state index contributed by atoms with van der Waals surface area (Å²) in [6, 6.07) is 3.19. The number of aromatic amines is 1. The minimum Gasteiger partial charge on any atom is -0.316 e. The Labute approximate surface area is 124 Å². The molecule has 0 bridgehead atoms. The van der Waals surface area contributed by atoms with Crippen molar-refractivity contribution < 1.29 is 8.42 Å². The van der Waals surface area contributed by atoms with Gasteiger partial charge in [0.15, 0.2) is 5.03 Å². The van der Waals surface area contributed by atoms with E-state index in [0.717, 1.165) is 11.3 Å². The minimum absolute atomic E-state index is 0.0373. The van der Waals surface area contributed by atoms with Gasteiger partial charge in [-0.3, -0.25) is 10.1 Å². The molecule has 0 radical (unpaired) electrons. The van der Waals surface area contributed by atoms with Gasteiger partial charge in [-0.2, -0.15) is 5.10 Å². The Morgan fingerprint density at radius 3 is 2.62 bits per heavy atom. The van der Waals surface area contributed by atoms with Crippen molar-refractivity contribution in [2.45, 2.75) is 31.5 Å². The summed E-state index contributed by atoms with van der Waals surface area (Å²) in [5.41, 5.74) is 2.23. The predicted molar refractivity (Wildman–Crippen MR) is 79.1 cm³/mol. The summed E-state index contributed by atoms with van der Waals surface area (Å²) in [5.74, 6) is 0. The van der Waals surface area contributed by atoms with Crippen LogP contribution < -0.4 is 10.0 Å². The Hall–Kier alpha value is -1.77. The quantitative estimate of drug-likeness (QED) is 0.735. The molecule has 7 nitrogen and oxygen atoms in total. The first-order valence-corrected chi connectivity index (χ1v) is 8.04. The van der Waals surface area contributed by atoms with Crippen LogP contribution in [0.3, 0.4) is 0 Å². The van der Waals surface area contributed by atoms with E-state index in [2.05, 4.69) is 25.2 Å². The van der Waals surface area contributed by atoms with Crippen molar-refractivity contribution in [3.8, 4) is 0 Å². The van der Waals surface area contributed by atoms with Gasteiger partial charge in [0.05, 0.1) is 0 Å². The van der Waals surface area contributed by atoms with Gasteiger partial charge in [-0.25, -0.2) is 13.1 Å². The molecule has 0 fully saturated rings. The molecule has 0 spiro atoms. The fourth-order valence-electron chi connectivity index (χ4n) is 2.05. The lowest BCUT2D eigenvalue weighted by Crippen LogP contribution is -2.28. The van der Waals surface area contributed by atoms with Crippen molar-refractivity contribution in [3.05, 3.63) is 41.3 Å². The molecule has 2 aromatic rings. The summed E-state index contributed by atoms with van der Waals surface area (Å²) in [4.78, 5) is 3.92. The lowest BCUT2D eigenvalue weighted by atomic mass is 10.1. The van der Waals surface area contributed by atoms with E-state index in [1.807, 2.05) is 0 Å². The second-order valence-corrected chi connectivity index (χ2v) is 6.42. The molecule has 2 heterocycles. The highest BCUT2D eigenvalue weighted by molar-refractivity contribution is 7.89. The standard InChI is InChI=1S/C13H19N5O2S/c1-9(11-4-6-15-7-5-11)18-21(19,20)13-12(8-14-3)10(2)16-17-13/h4-7,9,14,18H,8H2,1-3H3,(H,16,17). The fraction of sp³-hybridized carbons (Fsp3) is 0.385. The largest absolute Gasteiger partial charge is 0.316 e. The fourth-order valence-corrected chi connectivity index (χ4v) is 3.47. The summed E-state index contributed by atoms with van der Waals surface area (Å²) < 4.78 is 27.6. The number of H-pyrrole nitrogens is 1. The first kappa shape index (κ1) is 15.6. The molecule has 1 atom stereocenters. The highest BCUT2D eigenvalue weighted by atomic mass is 32.2. The van der Waals surface area contributed by atoms with Crippen LogP contribution in [-0.4, -0.2) is 30.6 Å². The first-order valence-electron chi connectivity index (χ1n) is 6.56. The molecule has 0 aliphatic rings. The van der Waals surface area contributed by atoms with Crippen LogP contribution in [0.15, 0.2) is 29.6 Å². The molecule has 114 valence electrons. The number of pyridine rings is 1. The van der Waals surface area contributed by atoms with Crippen molar-refractivity contribution in [2.75, 3.05) is 7.05 Å². The highest BCUT2D eigenvalue weighted by Gasteiger charge is 2.25. The number of hydrogen-bond acceptors (Lipinski definition) is 5. The molecule has 0 saturated carbocycles. The average molecular weight is 309 g/mol. The molecule has 2 aromatic heterocycles. The van der Waals surface area contributed by atoms with E-state index in [0.29, 0.717) is 12.1 Å². The summed E-state index contributed by atoms with van der Waals surface area (Å²) in [6.45, 7) is 4.01. The van der Waals surface area contributed by atoms with Crippen LogP contribution in [0.25, 0.3) is 0 Å². The van der Waals surface area contributed by atoms with E-state index < -0.39 is 10.0 Å². The number of nitrogens with one attached hydrogen (secondary N) is 3. The number of aromatic nitrogens is 3. The predicted octanol–water partition coefficient (Wildman–Crippen LogP) is 0.872. The number of aryl methyl sites for hydroxylation is 1. The van der Waals surface area contributed by atoms with E-state index in [1.54, 1.807) is 45.4 Å². The molecule has 0 aliphatic heterocycles. The lowest BCUT2D eigenvalue weighted by Gasteiger charge is -2.14. The van der Waals surface area contributed by atoms with Crippen LogP contribution in [0.4, 0.5) is 0 Å². The van der Waals surface area contributed by atoms with Crippen molar-refractivity contribution in [3.63, 3.8) is 0 Å². The van der Waals surface area contributed by atoms with Gasteiger partial charge in [0.25, 0.3) is 10.0 Å². The molecule has 0 aliphatic carbocycles. The Morgan fingerprint density at radius 1 is 1.33 bits per heavy atom. The van der Waals surface area contributed by atoms with Crippen molar-refractivity contribution in [1.29, 1.82) is 0 Å². The molecule has 21 heavy (non-hydrogen) atoms. The molecule has 0 aromatic carbocycles. The molecule has 2 rings (SSSR count). The minimum atomic E-state index is -3.69. The number of rotatable bonds is 6. The highest BCUT2D eigenvalue weighted by Crippen LogP contribution is 2.19. The van der Waals surface area contributed by atoms with E-state index in [4.69, 9.17) is 0 Å². The smallest absolute Gasteiger partial charge is 0.260 e. The van der Waals surface area contributed by atoms with Crippen molar-refractivity contribution in [1.82, 2.24) is 25.2 Å². The Bertz CT molecular complexity index is 697. The summed E-state index contributed by atoms with van der Waals surface area (Å²) in [7, 11) is -1.93. The Balaban J connectivity index is 2.27. The van der Waals surface area contributed by atoms with E-state index in [1.165, 1.54) is 0 Å². The van der Waals surface area contributed by atoms with E-state index in [-0.39, 0.29) is 11.1 Å². The zero-order valence-corrected chi connectivity index (χ0v) is 13.0. The maximum absolute atomic E-state index is 12.5. The maximum Gasteiger partial charge on any atom is 0.260 e. The van der Waals surface area contributed by atoms with Crippen molar-refractivity contribution >= 4 is 10.0 Å². The molecule has 0 saturated heterocycles. The number of hydrogen-bond donors (Lipinski definition) is 3. The molecule has 3 N–H and O–H groups in total. The number of sulfonamides is 1. The summed E-state index contributed by atoms with van der Waals surface area (Å²) >= 11 is 0. The maximum atomic E-state index is 12.5. The van der Waals surface area contributed by atoms with Crippen molar-refractivity contribution in [2.24, 2.45) is 0 Å². The third-order valence-corrected chi connectivity index (χ3v) is 4.69. The van der Waals surface area contributed by atoms with Crippen LogP contribution in [0.2, 0.25) is 0 Å². The van der Waals surface area contributed by atoms with Crippen LogP contribution in [-0.2, 0) is 16.6 Å². The molecular formula is C13H19N5O2S. The topological polar surface area (TPSA) is 99.8 Å². The third kappa shape index (κ3) is 3.46. The van der Waals surface area contributed by atoms with Gasteiger partial charge in [-0.1, -0.05) is 0 Å². The lowest BCUT2D eigenvalue weighted by molar-refractivity contribution is 0.560. The monoisotopic (exact) mass is 309 g/mol. The van der Waals surface area contributed by atoms with Crippen LogP contribution in [0, 0.1) is 6.92 Å². The zero-order chi connectivity index (χ0) is 15.5. The van der Waals surface area contributed by atoms with Crippen LogP contribution in [0.5, 0.6) is 0 Å². The second kappa shape index (κ2) is 6.33. The van der Waals surface area contributed by atoms with Gasteiger partial charge in [0.2, 0.25) is 0 Å². The van der Waals surface area contributed by atoms with E-state index >= 15 is 0 Å². The van der Waals surface area contributed by atoms with Gasteiger partial charge in [0.1, 0.15) is 0 Å². The van der Waals surface area contributed by atoms with Gasteiger partial charge in [0, 0.05) is 36.2 Å². The zero-order valence-electron chi connectivity index (χ0n) is 12.2. The average Bonchev–Trinajstić information content (AvgIpc) is 2.82. The van der Waals surface area contributed by atoms with Crippen LogP contribution >= 0.6 is 0 Å². The molecular weight excluding hydrogens is 290 g/mol. The normalized spacial score (nSPS) is 13.3. The Kier molecular flexibility index (Phi) is 4.71. The molecule has 0 amide bonds. The number of nitrogens with zero attached hydrogens (tertiary/aromatic N) is 2. The van der Waals surface area contributed by atoms with Gasteiger partial charge < -0.3 is 5.32 Å². The Morgan fingerprint density at radius 2 is 2.00 bits per heavy atom. The van der Waals surface area contributed by atoms with Gasteiger partial charge in [-0.15, -0.1) is 0 Å². The summed E-state index contributed by atoms with van der Waals surface area (Å²) in [6.07, 6.45) is 3.26. The van der Waals surface area contributed by atoms with Crippen LogP contribution in [0.1, 0.15) is 29.8 Å². The van der Waals surface area contributed by atoms with E-state index in [9.17, 15) is 8.42 Å². The second-order valence-electron chi connectivity index (χ2n) is 4.79. The summed E-state index contributed by atoms with van der Waals surface area (Å²) in [5, 5.41) is 9.63. The van der Waals surface area contributed by atoms with Gasteiger partial charge in [-0.05, 0) is 38.6 Å². The first-order chi connectivity index (χ1) is 9.95. The molecule has 1 unspecified atom stereocenters. The van der Waals surface area contributed by atoms with Gasteiger partial charge >= 0.3 is 0 Å². The molecule has 8 heteroatoms. The SMILES string of the molecule is CNCc1c(S(=O)(=O)NC(C)c2ccncc2)n[nH]c1C.